The van der Waals surface area contributed by atoms with Crippen molar-refractivity contribution >= 4 is 61.7 Å². The smallest absolute Gasteiger partial charge is 0.257 e. The van der Waals surface area contributed by atoms with Crippen LogP contribution in [0.15, 0.2) is 57.3 Å². The highest BCUT2D eigenvalue weighted by atomic mass is 79.9. The molecule has 2 amide bonds. The Morgan fingerprint density at radius 3 is 2.30 bits per heavy atom. The van der Waals surface area contributed by atoms with Gasteiger partial charge in [0.1, 0.15) is 0 Å². The zero-order valence-corrected chi connectivity index (χ0v) is 20.0. The van der Waals surface area contributed by atoms with Crippen molar-refractivity contribution in [3.8, 4) is 0 Å². The Hall–Kier alpha value is -2.23. The summed E-state index contributed by atoms with van der Waals surface area (Å²) < 4.78 is 1.56. The van der Waals surface area contributed by atoms with Gasteiger partial charge in [0.15, 0.2) is 4.34 Å². The number of amides is 2. The number of rotatable bonds is 6. The molecule has 1 heterocycles. The largest absolute Gasteiger partial charge is 0.325 e. The highest BCUT2D eigenvalue weighted by molar-refractivity contribution is 9.10. The van der Waals surface area contributed by atoms with Crippen molar-refractivity contribution in [1.29, 1.82) is 0 Å². The van der Waals surface area contributed by atoms with Gasteiger partial charge in [0.2, 0.25) is 11.0 Å². The van der Waals surface area contributed by atoms with Crippen LogP contribution in [0.4, 0.5) is 10.8 Å². The summed E-state index contributed by atoms with van der Waals surface area (Å²) in [5.41, 5.74) is 2.48. The number of benzene rings is 2. The summed E-state index contributed by atoms with van der Waals surface area (Å²) in [7, 11) is 0. The van der Waals surface area contributed by atoms with E-state index in [9.17, 15) is 9.59 Å². The molecule has 0 aliphatic heterocycles. The van der Waals surface area contributed by atoms with Crippen LogP contribution in [0.2, 0.25) is 0 Å². The van der Waals surface area contributed by atoms with Crippen LogP contribution in [0, 0.1) is 0 Å². The van der Waals surface area contributed by atoms with E-state index in [1.54, 1.807) is 12.1 Å². The maximum absolute atomic E-state index is 12.4. The molecule has 0 saturated carbocycles. The molecule has 0 bridgehead atoms. The Bertz CT molecular complexity index is 1030. The summed E-state index contributed by atoms with van der Waals surface area (Å²) in [6, 6.07) is 14.9. The van der Waals surface area contributed by atoms with Crippen LogP contribution in [0.5, 0.6) is 0 Å². The molecule has 0 radical (unpaired) electrons. The molecule has 2 aromatic carbocycles. The van der Waals surface area contributed by atoms with Crippen LogP contribution in [0.25, 0.3) is 0 Å². The van der Waals surface area contributed by atoms with E-state index in [-0.39, 0.29) is 23.0 Å². The van der Waals surface area contributed by atoms with Crippen LogP contribution in [-0.4, -0.2) is 27.8 Å². The van der Waals surface area contributed by atoms with Crippen LogP contribution >= 0.6 is 39.0 Å². The molecule has 0 aliphatic carbocycles. The van der Waals surface area contributed by atoms with Gasteiger partial charge >= 0.3 is 0 Å². The van der Waals surface area contributed by atoms with E-state index in [0.717, 1.165) is 15.7 Å². The number of carbonyl (C=O) groups is 2. The van der Waals surface area contributed by atoms with Gasteiger partial charge in [-0.3, -0.25) is 14.9 Å². The van der Waals surface area contributed by atoms with Crippen LogP contribution < -0.4 is 10.6 Å². The van der Waals surface area contributed by atoms with Gasteiger partial charge in [0.25, 0.3) is 5.91 Å². The maximum Gasteiger partial charge on any atom is 0.257 e. The number of hydrogen-bond acceptors (Lipinski definition) is 6. The van der Waals surface area contributed by atoms with Crippen LogP contribution in [-0.2, 0) is 10.2 Å². The molecule has 30 heavy (non-hydrogen) atoms. The summed E-state index contributed by atoms with van der Waals surface area (Å²) in [6.45, 7) is 6.38. The van der Waals surface area contributed by atoms with Gasteiger partial charge in [0, 0.05) is 15.7 Å². The van der Waals surface area contributed by atoms with Gasteiger partial charge in [-0.2, -0.15) is 0 Å². The normalized spacial score (nSPS) is 11.2. The number of halogens is 1. The minimum absolute atomic E-state index is 0.0318. The van der Waals surface area contributed by atoms with Gasteiger partial charge in [-0.05, 0) is 47.4 Å². The van der Waals surface area contributed by atoms with E-state index in [1.165, 1.54) is 23.1 Å². The number of thioether (sulfide) groups is 1. The first-order valence-electron chi connectivity index (χ1n) is 9.14. The minimum atomic E-state index is -0.240. The van der Waals surface area contributed by atoms with Gasteiger partial charge < -0.3 is 5.32 Å². The number of anilines is 2. The van der Waals surface area contributed by atoms with Crippen molar-refractivity contribution in [2.75, 3.05) is 16.4 Å². The lowest BCUT2D eigenvalue weighted by atomic mass is 9.87. The number of nitrogens with one attached hydrogen (secondary N) is 2. The lowest BCUT2D eigenvalue weighted by Gasteiger charge is -2.18. The lowest BCUT2D eigenvalue weighted by Crippen LogP contribution is -2.14. The van der Waals surface area contributed by atoms with Crippen molar-refractivity contribution in [2.45, 2.75) is 30.5 Å². The lowest BCUT2D eigenvalue weighted by molar-refractivity contribution is -0.113. The molecule has 156 valence electrons. The molecule has 0 saturated heterocycles. The van der Waals surface area contributed by atoms with E-state index in [1.807, 2.05) is 36.4 Å². The predicted octanol–water partition coefficient (Wildman–Crippen LogP) is 5.58. The summed E-state index contributed by atoms with van der Waals surface area (Å²) in [5.74, 6) is -0.175. The third kappa shape index (κ3) is 6.38. The first-order valence-corrected chi connectivity index (χ1v) is 11.7. The summed E-state index contributed by atoms with van der Waals surface area (Å²) in [6.07, 6.45) is 0. The second kappa shape index (κ2) is 9.72. The Morgan fingerprint density at radius 1 is 1.00 bits per heavy atom. The monoisotopic (exact) mass is 504 g/mol. The van der Waals surface area contributed by atoms with E-state index < -0.39 is 0 Å². The SMILES string of the molecule is CC(C)(C)c1ccc(C(=O)Nc2nnc(SCC(=O)Nc3ccc(Br)cc3)s2)cc1. The third-order valence-electron chi connectivity index (χ3n) is 4.09. The molecule has 9 heteroatoms. The van der Waals surface area contributed by atoms with Gasteiger partial charge in [-0.25, -0.2) is 0 Å². The van der Waals surface area contributed by atoms with Crippen molar-refractivity contribution in [1.82, 2.24) is 10.2 Å². The molecular weight excluding hydrogens is 484 g/mol. The van der Waals surface area contributed by atoms with Crippen molar-refractivity contribution < 1.29 is 9.59 Å². The van der Waals surface area contributed by atoms with Gasteiger partial charge in [0.05, 0.1) is 5.75 Å². The van der Waals surface area contributed by atoms with E-state index >= 15 is 0 Å². The zero-order chi connectivity index (χ0) is 21.7. The molecule has 0 spiro atoms. The van der Waals surface area contributed by atoms with Crippen LogP contribution in [0.1, 0.15) is 36.7 Å². The molecule has 3 aromatic rings. The first-order chi connectivity index (χ1) is 14.2. The maximum atomic E-state index is 12.4. The topological polar surface area (TPSA) is 84.0 Å². The summed E-state index contributed by atoms with van der Waals surface area (Å²) in [5, 5.41) is 14.0. The van der Waals surface area contributed by atoms with E-state index in [2.05, 4.69) is 57.5 Å². The van der Waals surface area contributed by atoms with E-state index in [4.69, 9.17) is 0 Å². The number of aromatic nitrogens is 2. The van der Waals surface area contributed by atoms with Crippen molar-refractivity contribution in [2.24, 2.45) is 0 Å². The quantitative estimate of drug-likeness (QED) is 0.338. The molecule has 1 aromatic heterocycles. The molecule has 0 fully saturated rings. The zero-order valence-electron chi connectivity index (χ0n) is 16.7. The first kappa shape index (κ1) is 22.5. The average molecular weight is 505 g/mol. The standard InChI is InChI=1S/C21H21BrN4O2S2/c1-21(2,3)14-6-4-13(5-7-14)18(28)24-19-25-26-20(30-19)29-12-17(27)23-16-10-8-15(22)9-11-16/h4-11H,12H2,1-3H3,(H,23,27)(H,24,25,28). The molecule has 3 rings (SSSR count). The molecular formula is C21H21BrN4O2S2. The molecule has 0 atom stereocenters. The highest BCUT2D eigenvalue weighted by Crippen LogP contribution is 2.27. The fourth-order valence-corrected chi connectivity index (χ4v) is 4.28. The molecule has 6 nitrogen and oxygen atoms in total. The second-order valence-corrected chi connectivity index (χ2v) is 10.6. The summed E-state index contributed by atoms with van der Waals surface area (Å²) >= 11 is 5.87. The third-order valence-corrected chi connectivity index (χ3v) is 6.60. The van der Waals surface area contributed by atoms with Crippen molar-refractivity contribution in [3.63, 3.8) is 0 Å². The van der Waals surface area contributed by atoms with Gasteiger partial charge in [-0.1, -0.05) is 71.9 Å². The number of hydrogen-bond donors (Lipinski definition) is 2. The number of nitrogens with zero attached hydrogens (tertiary/aromatic N) is 2. The average Bonchev–Trinajstić information content (AvgIpc) is 3.15. The number of carbonyl (C=O) groups excluding carboxylic acids is 2. The molecule has 0 aliphatic rings. The summed E-state index contributed by atoms with van der Waals surface area (Å²) in [4.78, 5) is 24.5. The van der Waals surface area contributed by atoms with Gasteiger partial charge in [-0.15, -0.1) is 10.2 Å². The molecule has 2 N–H and O–H groups in total. The Morgan fingerprint density at radius 2 is 1.67 bits per heavy atom. The fraction of sp³-hybridized carbons (Fsp3) is 0.238. The van der Waals surface area contributed by atoms with E-state index in [0.29, 0.717) is 15.0 Å². The highest BCUT2D eigenvalue weighted by Gasteiger charge is 2.15. The fourth-order valence-electron chi connectivity index (χ4n) is 2.47. The van der Waals surface area contributed by atoms with Crippen LogP contribution in [0.3, 0.4) is 0 Å². The minimum Gasteiger partial charge on any atom is -0.325 e. The molecule has 0 unspecified atom stereocenters. The second-order valence-electron chi connectivity index (χ2n) is 7.50. The van der Waals surface area contributed by atoms with Crippen molar-refractivity contribution in [3.05, 3.63) is 64.1 Å². The Kier molecular flexibility index (Phi) is 7.27. The Balaban J connectivity index is 1.51. The Labute approximate surface area is 192 Å². The predicted molar refractivity (Wildman–Crippen MR) is 126 cm³/mol.